The second-order valence-electron chi connectivity index (χ2n) is 5.42. The fourth-order valence-corrected chi connectivity index (χ4v) is 2.75. The molecule has 0 aliphatic rings. The van der Waals surface area contributed by atoms with Crippen molar-refractivity contribution in [3.63, 3.8) is 0 Å². The lowest BCUT2D eigenvalue weighted by molar-refractivity contribution is 0.307. The number of hydrogen-bond acceptors (Lipinski definition) is 3. The maximum Gasteiger partial charge on any atom is 0.119 e. The van der Waals surface area contributed by atoms with Gasteiger partial charge in [0.15, 0.2) is 0 Å². The number of nitrogens with zero attached hydrogens (tertiary/aromatic N) is 1. The highest BCUT2D eigenvalue weighted by molar-refractivity contribution is 5.33. The molecular weight excluding hydrogens is 260 g/mol. The number of para-hydroxylation sites is 1. The van der Waals surface area contributed by atoms with Gasteiger partial charge in [0, 0.05) is 24.0 Å². The molecule has 0 aliphatic carbocycles. The minimum atomic E-state index is 0.275. The van der Waals surface area contributed by atoms with Gasteiger partial charge in [-0.1, -0.05) is 18.2 Å². The molecule has 0 spiro atoms. The molecule has 0 amide bonds. The molecule has 112 valence electrons. The van der Waals surface area contributed by atoms with Crippen molar-refractivity contribution in [1.82, 2.24) is 10.3 Å². The summed E-state index contributed by atoms with van der Waals surface area (Å²) in [5.74, 6) is 0.913. The number of hydrogen-bond donors (Lipinski definition) is 1. The number of aromatic nitrogens is 1. The van der Waals surface area contributed by atoms with E-state index in [2.05, 4.69) is 37.1 Å². The number of aryl methyl sites for hydroxylation is 3. The van der Waals surface area contributed by atoms with Crippen LogP contribution in [-0.2, 0) is 0 Å². The van der Waals surface area contributed by atoms with Crippen LogP contribution in [0.5, 0.6) is 5.75 Å². The normalized spacial score (nSPS) is 12.2. The Bertz CT molecular complexity index is 558. The molecule has 1 N–H and O–H groups in total. The Labute approximate surface area is 127 Å². The Kier molecular flexibility index (Phi) is 5.34. The molecule has 0 saturated heterocycles. The summed E-state index contributed by atoms with van der Waals surface area (Å²) in [5, 5.41) is 3.51. The van der Waals surface area contributed by atoms with E-state index in [1.165, 1.54) is 11.1 Å². The summed E-state index contributed by atoms with van der Waals surface area (Å²) < 4.78 is 5.69. The number of benzene rings is 1. The fourth-order valence-electron chi connectivity index (χ4n) is 2.75. The van der Waals surface area contributed by atoms with Gasteiger partial charge in [-0.2, -0.15) is 0 Å². The minimum Gasteiger partial charge on any atom is -0.492 e. The Balaban J connectivity index is 1.86. The lowest BCUT2D eigenvalue weighted by Crippen LogP contribution is -2.25. The number of ether oxygens (including phenoxy) is 1. The predicted molar refractivity (Wildman–Crippen MR) is 86.8 cm³/mol. The van der Waals surface area contributed by atoms with E-state index in [1.807, 2.05) is 37.3 Å². The standard InChI is InChI=1S/C18H24N2O/c1-13-12-14(2)20-16(4)18(13)15(3)19-10-11-21-17-8-6-5-7-9-17/h5-9,12,15,19H,10-11H2,1-4H3. The lowest BCUT2D eigenvalue weighted by atomic mass is 10.0. The first-order valence-electron chi connectivity index (χ1n) is 7.44. The second kappa shape index (κ2) is 7.23. The molecule has 1 aromatic carbocycles. The van der Waals surface area contributed by atoms with Crippen molar-refractivity contribution in [2.45, 2.75) is 33.7 Å². The first kappa shape index (κ1) is 15.5. The highest BCUT2D eigenvalue weighted by atomic mass is 16.5. The largest absolute Gasteiger partial charge is 0.492 e. The highest BCUT2D eigenvalue weighted by Crippen LogP contribution is 2.20. The number of nitrogens with one attached hydrogen (secondary N) is 1. The van der Waals surface area contributed by atoms with Gasteiger partial charge in [0.2, 0.25) is 0 Å². The van der Waals surface area contributed by atoms with Gasteiger partial charge in [-0.25, -0.2) is 0 Å². The third-order valence-electron chi connectivity index (χ3n) is 3.58. The Morgan fingerprint density at radius 2 is 1.86 bits per heavy atom. The Morgan fingerprint density at radius 1 is 1.14 bits per heavy atom. The van der Waals surface area contributed by atoms with Gasteiger partial charge in [0.05, 0.1) is 0 Å². The third kappa shape index (κ3) is 4.30. The zero-order valence-corrected chi connectivity index (χ0v) is 13.3. The molecule has 1 atom stereocenters. The zero-order valence-electron chi connectivity index (χ0n) is 13.3. The molecule has 1 heterocycles. The average Bonchev–Trinajstić information content (AvgIpc) is 2.43. The molecule has 0 bridgehead atoms. The third-order valence-corrected chi connectivity index (χ3v) is 3.58. The van der Waals surface area contributed by atoms with Crippen LogP contribution >= 0.6 is 0 Å². The summed E-state index contributed by atoms with van der Waals surface area (Å²) in [6, 6.07) is 12.3. The summed E-state index contributed by atoms with van der Waals surface area (Å²) in [7, 11) is 0. The van der Waals surface area contributed by atoms with Gasteiger partial charge in [0.1, 0.15) is 12.4 Å². The molecule has 2 aromatic rings. The van der Waals surface area contributed by atoms with Crippen molar-refractivity contribution in [3.05, 3.63) is 58.9 Å². The van der Waals surface area contributed by atoms with Gasteiger partial charge in [-0.05, 0) is 57.0 Å². The van der Waals surface area contributed by atoms with Crippen LogP contribution in [-0.4, -0.2) is 18.1 Å². The molecule has 0 fully saturated rings. The monoisotopic (exact) mass is 284 g/mol. The van der Waals surface area contributed by atoms with Gasteiger partial charge < -0.3 is 10.1 Å². The van der Waals surface area contributed by atoms with Crippen molar-refractivity contribution in [2.24, 2.45) is 0 Å². The topological polar surface area (TPSA) is 34.1 Å². The molecule has 1 aromatic heterocycles. The zero-order chi connectivity index (χ0) is 15.2. The molecule has 3 nitrogen and oxygen atoms in total. The smallest absolute Gasteiger partial charge is 0.119 e. The van der Waals surface area contributed by atoms with Crippen LogP contribution in [0.4, 0.5) is 0 Å². The first-order valence-corrected chi connectivity index (χ1v) is 7.44. The molecule has 1 unspecified atom stereocenters. The predicted octanol–water partition coefficient (Wildman–Crippen LogP) is 3.74. The van der Waals surface area contributed by atoms with E-state index in [-0.39, 0.29) is 6.04 Å². The SMILES string of the molecule is Cc1cc(C)c(C(C)NCCOc2ccccc2)c(C)n1. The van der Waals surface area contributed by atoms with E-state index in [0.29, 0.717) is 6.61 Å². The fraction of sp³-hybridized carbons (Fsp3) is 0.389. The molecule has 2 rings (SSSR count). The van der Waals surface area contributed by atoms with Crippen molar-refractivity contribution < 1.29 is 4.74 Å². The maximum atomic E-state index is 5.69. The van der Waals surface area contributed by atoms with E-state index in [9.17, 15) is 0 Å². The summed E-state index contributed by atoms with van der Waals surface area (Å²) in [4.78, 5) is 4.56. The van der Waals surface area contributed by atoms with Gasteiger partial charge in [-0.15, -0.1) is 0 Å². The number of pyridine rings is 1. The van der Waals surface area contributed by atoms with Gasteiger partial charge in [-0.3, -0.25) is 4.98 Å². The average molecular weight is 284 g/mol. The molecule has 0 radical (unpaired) electrons. The highest BCUT2D eigenvalue weighted by Gasteiger charge is 2.12. The summed E-state index contributed by atoms with van der Waals surface area (Å²) in [6.07, 6.45) is 0. The first-order chi connectivity index (χ1) is 10.1. The van der Waals surface area contributed by atoms with Crippen molar-refractivity contribution >= 4 is 0 Å². The molecule has 3 heteroatoms. The van der Waals surface area contributed by atoms with Crippen LogP contribution in [0.15, 0.2) is 36.4 Å². The van der Waals surface area contributed by atoms with Crippen LogP contribution in [0.3, 0.4) is 0 Å². The molecular formula is C18H24N2O. The van der Waals surface area contributed by atoms with Crippen LogP contribution in [0.1, 0.15) is 35.5 Å². The molecule has 0 saturated carbocycles. The lowest BCUT2D eigenvalue weighted by Gasteiger charge is -2.19. The summed E-state index contributed by atoms with van der Waals surface area (Å²) in [5.41, 5.74) is 4.77. The van der Waals surface area contributed by atoms with E-state index in [0.717, 1.165) is 23.7 Å². The minimum absolute atomic E-state index is 0.275. The van der Waals surface area contributed by atoms with Crippen molar-refractivity contribution in [3.8, 4) is 5.75 Å². The van der Waals surface area contributed by atoms with Crippen molar-refractivity contribution in [1.29, 1.82) is 0 Å². The summed E-state index contributed by atoms with van der Waals surface area (Å²) >= 11 is 0. The Morgan fingerprint density at radius 3 is 2.52 bits per heavy atom. The van der Waals surface area contributed by atoms with E-state index in [4.69, 9.17) is 4.74 Å². The van der Waals surface area contributed by atoms with Gasteiger partial charge in [0.25, 0.3) is 0 Å². The molecule has 21 heavy (non-hydrogen) atoms. The van der Waals surface area contributed by atoms with E-state index < -0.39 is 0 Å². The van der Waals surface area contributed by atoms with Crippen LogP contribution in [0.25, 0.3) is 0 Å². The number of rotatable bonds is 6. The van der Waals surface area contributed by atoms with Crippen LogP contribution in [0.2, 0.25) is 0 Å². The maximum absolute atomic E-state index is 5.69. The summed E-state index contributed by atoms with van der Waals surface area (Å²) in [6.45, 7) is 9.91. The quantitative estimate of drug-likeness (QED) is 0.821. The second-order valence-corrected chi connectivity index (χ2v) is 5.42. The van der Waals surface area contributed by atoms with E-state index >= 15 is 0 Å². The van der Waals surface area contributed by atoms with Gasteiger partial charge >= 0.3 is 0 Å². The molecule has 0 aliphatic heterocycles. The van der Waals surface area contributed by atoms with E-state index in [1.54, 1.807) is 0 Å². The van der Waals surface area contributed by atoms with Crippen molar-refractivity contribution in [2.75, 3.05) is 13.2 Å². The van der Waals surface area contributed by atoms with Crippen LogP contribution in [0, 0.1) is 20.8 Å². The Hall–Kier alpha value is -1.87. The van der Waals surface area contributed by atoms with Crippen LogP contribution < -0.4 is 10.1 Å².